The van der Waals surface area contributed by atoms with Crippen LogP contribution in [0, 0.1) is 65.0 Å². The molecule has 32 heteroatoms. The number of nitrogen functional groups attached to an aromatic ring is 2. The summed E-state index contributed by atoms with van der Waals surface area (Å²) in [7, 11) is 12.0. The van der Waals surface area contributed by atoms with Gasteiger partial charge in [-0.1, -0.05) is 46.3 Å². The van der Waals surface area contributed by atoms with Crippen LogP contribution >= 0.6 is 47.8 Å². The van der Waals surface area contributed by atoms with Gasteiger partial charge in [-0.25, -0.2) is 4.79 Å². The van der Waals surface area contributed by atoms with Crippen molar-refractivity contribution in [1.29, 1.82) is 0 Å². The van der Waals surface area contributed by atoms with Gasteiger partial charge in [0.25, 0.3) is 17.1 Å². The highest BCUT2D eigenvalue weighted by Gasteiger charge is 2.34. The molecule has 7 N–H and O–H groups in total. The number of non-ortho nitro benzene ring substituents is 3. The Bertz CT molecular complexity index is 3760. The maximum atomic E-state index is 13.6. The molecule has 552 valence electrons. The number of hydrogen-bond donors (Lipinski definition) is 5. The Kier molecular flexibility index (Phi) is 34.6. The minimum Gasteiger partial charge on any atom is -0.399 e. The molecule has 0 aliphatic carbocycles. The monoisotopic (exact) mass is 1600 g/mol. The van der Waals surface area contributed by atoms with E-state index in [9.17, 15) is 48.3 Å². The van der Waals surface area contributed by atoms with E-state index in [0.717, 1.165) is 128 Å². The topological polar surface area (TPSA) is 293 Å². The third kappa shape index (κ3) is 29.8. The predicted octanol–water partition coefficient (Wildman–Crippen LogP) is 11.9. The summed E-state index contributed by atoms with van der Waals surface area (Å²) >= 11 is 9.79. The second kappa shape index (κ2) is 41.6. The summed E-state index contributed by atoms with van der Waals surface area (Å²) in [5.74, 6) is 0.819. The van der Waals surface area contributed by atoms with E-state index < -0.39 is 17.8 Å². The molecule has 0 radical (unpaired) electrons. The Hall–Kier alpha value is -7.50. The molecule has 4 fully saturated rings. The number of carbonyl (C=O) groups is 1. The average Bonchev–Trinajstić information content (AvgIpc) is 1.29. The number of aryl methyl sites for hydroxylation is 7. The lowest BCUT2D eigenvalue weighted by atomic mass is 10.0. The number of hydrogen-bond acceptors (Lipinski definition) is 19. The number of likely N-dealkylation sites (N-methyl/N-ethyl adjacent to an activating group) is 4. The summed E-state index contributed by atoms with van der Waals surface area (Å²) in [5, 5.41) is 48.1. The lowest BCUT2D eigenvalue weighted by Gasteiger charge is -2.33. The number of anilines is 4. The molecule has 0 spiro atoms. The van der Waals surface area contributed by atoms with Crippen LogP contribution in [0.3, 0.4) is 0 Å². The highest BCUT2D eigenvalue weighted by atomic mass is 79.9. The number of alkyl halides is 4. The van der Waals surface area contributed by atoms with Crippen LogP contribution in [0.2, 0.25) is 0 Å². The molecule has 101 heavy (non-hydrogen) atoms. The summed E-state index contributed by atoms with van der Waals surface area (Å²) < 4.78 is 45.5. The van der Waals surface area contributed by atoms with Crippen molar-refractivity contribution in [2.75, 3.05) is 155 Å². The molecule has 26 nitrogen and oxygen atoms in total. The van der Waals surface area contributed by atoms with E-state index in [1.165, 1.54) is 84.9 Å². The van der Waals surface area contributed by atoms with Gasteiger partial charge < -0.3 is 41.7 Å². The van der Waals surface area contributed by atoms with Crippen molar-refractivity contribution in [2.45, 2.75) is 65.8 Å². The van der Waals surface area contributed by atoms with E-state index in [4.69, 9.17) is 11.5 Å². The zero-order chi connectivity index (χ0) is 74.7. The Balaban J connectivity index is 0.000000223. The van der Waals surface area contributed by atoms with Crippen molar-refractivity contribution in [2.24, 2.45) is 14.1 Å². The fraction of sp³-hybridized carbons (Fsp3) is 0.464. The number of benzene rings is 5. The maximum absolute atomic E-state index is 13.6. The second-order valence-corrected chi connectivity index (χ2v) is 27.5. The molecule has 7 aromatic rings. The van der Waals surface area contributed by atoms with Crippen LogP contribution in [-0.2, 0) is 45.2 Å². The third-order valence-electron chi connectivity index (χ3n) is 17.2. The predicted molar refractivity (Wildman–Crippen MR) is 405 cm³/mol. The van der Waals surface area contributed by atoms with Gasteiger partial charge in [-0.2, -0.15) is 23.4 Å². The number of nitro benzene ring substituents is 3. The smallest absolute Gasteiger partial charge is 0.399 e. The van der Waals surface area contributed by atoms with Crippen molar-refractivity contribution in [3.63, 3.8) is 0 Å². The molecule has 0 unspecified atom stereocenters. The van der Waals surface area contributed by atoms with Crippen molar-refractivity contribution in [1.82, 2.24) is 59.2 Å². The highest BCUT2D eigenvalue weighted by molar-refractivity contribution is 9.10. The number of urea groups is 1. The number of amides is 2. The number of carbonyl (C=O) groups excluding carboxylic acids is 1. The molecular formula is C69H97Br3F3N19O7. The first-order valence-corrected chi connectivity index (χ1v) is 35.5. The SMILES string of the molecule is CN1CCN(Cc2ccc(NC(=O)Nc3cc(Br)n(C)n3)cc2C(F)(F)F)CC1.CN1CCNCC1.Cc1cc(N)ccc1CN1CCN(C)CC1.Cc1cc([N+](=O)[O-])ccc1CBr.Cc1cc([N+](=O)[O-])ccc1CN1CCN(C)CC1.Cc1ccc([N+](=O)[O-])cc1C.Cn1nc(N)cc1Br. The number of piperazine rings is 4. The minimum absolute atomic E-state index is 0.0620. The minimum atomic E-state index is -4.51. The zero-order valence-electron chi connectivity index (χ0n) is 59.5. The molecule has 4 aliphatic heterocycles. The van der Waals surface area contributed by atoms with Crippen LogP contribution in [0.15, 0.2) is 112 Å². The van der Waals surface area contributed by atoms with Crippen LogP contribution in [0.5, 0.6) is 0 Å². The lowest BCUT2D eigenvalue weighted by molar-refractivity contribution is -0.385. The van der Waals surface area contributed by atoms with Gasteiger partial charge in [0.15, 0.2) is 5.82 Å². The van der Waals surface area contributed by atoms with Gasteiger partial charge in [0.1, 0.15) is 15.0 Å². The van der Waals surface area contributed by atoms with Crippen LogP contribution < -0.4 is 27.4 Å². The van der Waals surface area contributed by atoms with Crippen LogP contribution in [-0.4, -0.2) is 208 Å². The molecule has 4 saturated heterocycles. The number of nitrogens with zero attached hydrogens (tertiary/aromatic N) is 14. The largest absolute Gasteiger partial charge is 0.416 e. The van der Waals surface area contributed by atoms with Gasteiger partial charge in [-0.3, -0.25) is 59.7 Å². The molecular weight excluding hydrogens is 1500 g/mol. The summed E-state index contributed by atoms with van der Waals surface area (Å²) in [4.78, 5) is 58.4. The average molecular weight is 1600 g/mol. The van der Waals surface area contributed by atoms with Crippen molar-refractivity contribution in [3.05, 3.63) is 198 Å². The van der Waals surface area contributed by atoms with Crippen LogP contribution in [0.4, 0.5) is 58.0 Å². The summed E-state index contributed by atoms with van der Waals surface area (Å²) in [6.07, 6.45) is -4.51. The molecule has 0 bridgehead atoms. The van der Waals surface area contributed by atoms with E-state index in [-0.39, 0.29) is 55.4 Å². The van der Waals surface area contributed by atoms with Gasteiger partial charge in [0, 0.05) is 204 Å². The van der Waals surface area contributed by atoms with E-state index in [0.29, 0.717) is 10.4 Å². The van der Waals surface area contributed by atoms with Crippen molar-refractivity contribution >= 4 is 93.9 Å². The van der Waals surface area contributed by atoms with Crippen LogP contribution in [0.1, 0.15) is 55.6 Å². The van der Waals surface area contributed by atoms with Gasteiger partial charge in [-0.15, -0.1) is 0 Å². The van der Waals surface area contributed by atoms with E-state index >= 15 is 0 Å². The van der Waals surface area contributed by atoms with E-state index in [1.807, 2.05) is 58.8 Å². The number of halogens is 6. The summed E-state index contributed by atoms with van der Waals surface area (Å²) in [5.41, 5.74) is 20.9. The van der Waals surface area contributed by atoms with Crippen LogP contribution in [0.25, 0.3) is 0 Å². The number of nitro groups is 3. The fourth-order valence-electron chi connectivity index (χ4n) is 10.5. The normalized spacial score (nSPS) is 15.5. The first-order valence-electron chi connectivity index (χ1n) is 32.8. The Morgan fingerprint density at radius 1 is 0.495 bits per heavy atom. The molecule has 4 aliphatic rings. The summed E-state index contributed by atoms with van der Waals surface area (Å²) in [6.45, 7) is 28.7. The number of nitrogens with one attached hydrogen (secondary N) is 3. The van der Waals surface area contributed by atoms with E-state index in [1.54, 1.807) is 60.3 Å². The highest BCUT2D eigenvalue weighted by Crippen LogP contribution is 2.35. The molecule has 11 rings (SSSR count). The lowest BCUT2D eigenvalue weighted by Crippen LogP contribution is -2.44. The van der Waals surface area contributed by atoms with Gasteiger partial charge >= 0.3 is 12.2 Å². The number of nitrogens with two attached hydrogens (primary N) is 2. The molecule has 2 amide bonds. The second-order valence-electron chi connectivity index (χ2n) is 25.3. The molecule has 0 atom stereocenters. The molecule has 2 aromatic heterocycles. The standard InChI is InChI=1S/C18H22BrF3N6O.C13H19N3O2.C13H21N3.C8H8BrNO2.C8H9NO2.C5H12N2.C4H6BrN3/c1-26-5-7-28(8-6-26)11-12-3-4-13(9-14(12)18(20,21)22)23-17(29)24-16-10-15(19)27(2)25-16;1-11-9-13(16(17)18)4-3-12(11)10-15-7-5-14(2)6-8-15;1-11-9-13(14)4-3-12(11)10-16-7-5-15(2)6-8-16;1-6-4-8(10(11)12)3-2-7(6)5-9;1-6-3-4-8(9(10)11)5-7(6)2;1-7-4-2-6-3-5-7;1-8-3(5)2-4(6)7-8/h3-4,9-10H,5-8,11H2,1-2H3,(H2,23,24,25,29);3-4,9H,5-8,10H2,1-2H3;3-4,9H,5-8,10,14H2,1-2H3;2-4H,5H2,1H3;3-5H,1-2H3;6H,2-5H2,1H3;2H,1H3,(H2,6,7). The first-order chi connectivity index (χ1) is 47.7. The molecule has 0 saturated carbocycles. The van der Waals surface area contributed by atoms with Gasteiger partial charge in [-0.05, 0) is 169 Å². The van der Waals surface area contributed by atoms with Crippen molar-refractivity contribution in [3.8, 4) is 0 Å². The number of rotatable bonds is 12. The number of aromatic nitrogens is 4. The Morgan fingerprint density at radius 3 is 1.25 bits per heavy atom. The molecule has 5 aromatic carbocycles. The maximum Gasteiger partial charge on any atom is 0.416 e. The zero-order valence-corrected chi connectivity index (χ0v) is 64.3. The van der Waals surface area contributed by atoms with Gasteiger partial charge in [0.2, 0.25) is 0 Å². The molecule has 6 heterocycles. The third-order valence-corrected chi connectivity index (χ3v) is 19.3. The first kappa shape index (κ1) is 84.2. The van der Waals surface area contributed by atoms with E-state index in [2.05, 4.69) is 144 Å². The fourth-order valence-corrected chi connectivity index (χ4v) is 11.7. The summed E-state index contributed by atoms with van der Waals surface area (Å²) in [6, 6.07) is 27.6. The Labute approximate surface area is 615 Å². The van der Waals surface area contributed by atoms with Crippen molar-refractivity contribution < 1.29 is 32.7 Å². The van der Waals surface area contributed by atoms with Gasteiger partial charge in [0.05, 0.1) is 20.3 Å². The Morgan fingerprint density at radius 2 is 0.891 bits per heavy atom. The quantitative estimate of drug-likeness (QED) is 0.0329.